The molecule has 2 nitrogen and oxygen atoms in total. The molecule has 0 spiro atoms. The molecule has 2 N–H and O–H groups in total. The number of halogens is 1. The van der Waals surface area contributed by atoms with Gasteiger partial charge in [-0.1, -0.05) is 12.1 Å². The summed E-state index contributed by atoms with van der Waals surface area (Å²) < 4.78 is 13.1. The van der Waals surface area contributed by atoms with Crippen molar-refractivity contribution in [3.8, 4) is 11.1 Å². The molecule has 86 valence electrons. The number of nitrogens with zero attached hydrogens (tertiary/aromatic N) is 1. The lowest BCUT2D eigenvalue weighted by atomic mass is 9.98. The second-order valence-electron chi connectivity index (χ2n) is 4.39. The van der Waals surface area contributed by atoms with Crippen molar-refractivity contribution in [1.82, 2.24) is 4.98 Å². The maximum Gasteiger partial charge on any atom is 0.213 e. The molecule has 0 saturated carbocycles. The van der Waals surface area contributed by atoms with Crippen molar-refractivity contribution >= 4 is 5.69 Å². The van der Waals surface area contributed by atoms with Gasteiger partial charge >= 0.3 is 0 Å². The van der Waals surface area contributed by atoms with Crippen molar-refractivity contribution in [2.24, 2.45) is 0 Å². The number of rotatable bonds is 1. The number of benzene rings is 1. The summed E-state index contributed by atoms with van der Waals surface area (Å²) in [5.74, 6) is -0.470. The molecule has 0 bridgehead atoms. The summed E-state index contributed by atoms with van der Waals surface area (Å²) in [6.45, 7) is 0. The number of aryl methyl sites for hydroxylation is 1. The molecule has 0 fully saturated rings. The van der Waals surface area contributed by atoms with Crippen molar-refractivity contribution in [3.05, 3.63) is 47.5 Å². The van der Waals surface area contributed by atoms with E-state index in [9.17, 15) is 4.39 Å². The lowest BCUT2D eigenvalue weighted by Gasteiger charge is -2.10. The predicted molar refractivity (Wildman–Crippen MR) is 66.1 cm³/mol. The third-order valence-electron chi connectivity index (χ3n) is 3.36. The molecule has 1 heterocycles. The molecule has 2 aromatic rings. The Bertz CT molecular complexity index is 578. The van der Waals surface area contributed by atoms with Crippen LogP contribution in [0.2, 0.25) is 0 Å². The van der Waals surface area contributed by atoms with Crippen molar-refractivity contribution in [2.75, 3.05) is 5.73 Å². The topological polar surface area (TPSA) is 38.9 Å². The summed E-state index contributed by atoms with van der Waals surface area (Å²) in [5, 5.41) is 0. The number of aromatic nitrogens is 1. The highest BCUT2D eigenvalue weighted by molar-refractivity contribution is 5.79. The van der Waals surface area contributed by atoms with E-state index in [2.05, 4.69) is 11.1 Å². The molecule has 0 atom stereocenters. The van der Waals surface area contributed by atoms with Crippen molar-refractivity contribution in [2.45, 2.75) is 19.3 Å². The first-order chi connectivity index (χ1) is 8.25. The van der Waals surface area contributed by atoms with Crippen LogP contribution in [0.4, 0.5) is 10.1 Å². The van der Waals surface area contributed by atoms with Crippen LogP contribution < -0.4 is 5.73 Å². The van der Waals surface area contributed by atoms with Gasteiger partial charge in [0, 0.05) is 23.5 Å². The Hall–Kier alpha value is -1.90. The number of pyridine rings is 1. The number of nitrogen functional groups attached to an aromatic ring is 1. The summed E-state index contributed by atoms with van der Waals surface area (Å²) in [6.07, 6.45) is 4.76. The summed E-state index contributed by atoms with van der Waals surface area (Å²) in [6, 6.07) is 7.30. The fourth-order valence-electron chi connectivity index (χ4n) is 2.52. The Labute approximate surface area is 99.3 Å². The Morgan fingerprint density at radius 2 is 2.06 bits per heavy atom. The van der Waals surface area contributed by atoms with Gasteiger partial charge in [-0.15, -0.1) is 0 Å². The normalized spacial score (nSPS) is 13.7. The highest BCUT2D eigenvalue weighted by atomic mass is 19.1. The van der Waals surface area contributed by atoms with Gasteiger partial charge in [-0.05, 0) is 42.0 Å². The first-order valence-corrected chi connectivity index (χ1v) is 5.78. The standard InChI is InChI=1S/C14H13FN2/c15-13-8-10(6-7-17-13)12-5-4-9-2-1-3-11(9)14(12)16/h4-8H,1-3,16H2. The van der Waals surface area contributed by atoms with Crippen LogP contribution in [-0.2, 0) is 12.8 Å². The summed E-state index contributed by atoms with van der Waals surface area (Å²) in [5.41, 5.74) is 11.2. The molecule has 0 amide bonds. The second kappa shape index (κ2) is 3.84. The van der Waals surface area contributed by atoms with Crippen molar-refractivity contribution in [1.29, 1.82) is 0 Å². The van der Waals surface area contributed by atoms with E-state index in [-0.39, 0.29) is 0 Å². The Morgan fingerprint density at radius 3 is 2.88 bits per heavy atom. The summed E-state index contributed by atoms with van der Waals surface area (Å²) in [7, 11) is 0. The first-order valence-electron chi connectivity index (χ1n) is 5.78. The van der Waals surface area contributed by atoms with Gasteiger partial charge in [-0.25, -0.2) is 4.98 Å². The van der Waals surface area contributed by atoms with Crippen LogP contribution in [0.15, 0.2) is 30.5 Å². The lowest BCUT2D eigenvalue weighted by molar-refractivity contribution is 0.584. The molecule has 0 aliphatic heterocycles. The highest BCUT2D eigenvalue weighted by Crippen LogP contribution is 2.35. The first kappa shape index (κ1) is 10.3. The fraction of sp³-hybridized carbons (Fsp3) is 0.214. The second-order valence-corrected chi connectivity index (χ2v) is 4.39. The number of hydrogen-bond donors (Lipinski definition) is 1. The molecule has 1 aromatic carbocycles. The van der Waals surface area contributed by atoms with E-state index < -0.39 is 5.95 Å². The van der Waals surface area contributed by atoms with Crippen LogP contribution in [0.5, 0.6) is 0 Å². The Balaban J connectivity index is 2.16. The van der Waals surface area contributed by atoms with Gasteiger partial charge in [0.05, 0.1) is 0 Å². The van der Waals surface area contributed by atoms with E-state index in [4.69, 9.17) is 5.73 Å². The minimum atomic E-state index is -0.470. The number of anilines is 1. The van der Waals surface area contributed by atoms with Crippen molar-refractivity contribution in [3.63, 3.8) is 0 Å². The van der Waals surface area contributed by atoms with E-state index >= 15 is 0 Å². The van der Waals surface area contributed by atoms with E-state index in [1.165, 1.54) is 23.4 Å². The molecule has 0 unspecified atom stereocenters. The van der Waals surface area contributed by atoms with Gasteiger partial charge < -0.3 is 5.73 Å². The smallest absolute Gasteiger partial charge is 0.213 e. The van der Waals surface area contributed by atoms with Crippen LogP contribution in [0, 0.1) is 5.95 Å². The molecule has 0 radical (unpaired) electrons. The van der Waals surface area contributed by atoms with Crippen LogP contribution in [-0.4, -0.2) is 4.98 Å². The Kier molecular flexibility index (Phi) is 2.32. The molecule has 17 heavy (non-hydrogen) atoms. The summed E-state index contributed by atoms with van der Waals surface area (Å²) in [4.78, 5) is 3.56. The molecule has 1 aliphatic carbocycles. The highest BCUT2D eigenvalue weighted by Gasteiger charge is 2.16. The monoisotopic (exact) mass is 228 g/mol. The number of hydrogen-bond acceptors (Lipinski definition) is 2. The van der Waals surface area contributed by atoms with E-state index in [1.807, 2.05) is 6.07 Å². The quantitative estimate of drug-likeness (QED) is 0.602. The van der Waals surface area contributed by atoms with E-state index in [0.717, 1.165) is 36.1 Å². The van der Waals surface area contributed by atoms with Crippen LogP contribution >= 0.6 is 0 Å². The van der Waals surface area contributed by atoms with Gasteiger partial charge in [0.25, 0.3) is 0 Å². The Morgan fingerprint density at radius 1 is 1.18 bits per heavy atom. The third kappa shape index (κ3) is 1.68. The predicted octanol–water partition coefficient (Wildman–Crippen LogP) is 2.96. The van der Waals surface area contributed by atoms with Gasteiger partial charge in [-0.3, -0.25) is 0 Å². The largest absolute Gasteiger partial charge is 0.398 e. The third-order valence-corrected chi connectivity index (χ3v) is 3.36. The van der Waals surface area contributed by atoms with E-state index in [0.29, 0.717) is 0 Å². The SMILES string of the molecule is Nc1c(-c2ccnc(F)c2)ccc2c1CCC2. The molecule has 0 saturated heterocycles. The zero-order valence-corrected chi connectivity index (χ0v) is 9.41. The molecule has 3 rings (SSSR count). The van der Waals surface area contributed by atoms with Crippen molar-refractivity contribution < 1.29 is 4.39 Å². The number of nitrogens with two attached hydrogens (primary N) is 1. The minimum Gasteiger partial charge on any atom is -0.398 e. The lowest BCUT2D eigenvalue weighted by Crippen LogP contribution is -1.97. The fourth-order valence-corrected chi connectivity index (χ4v) is 2.52. The van der Waals surface area contributed by atoms with Gasteiger partial charge in [0.15, 0.2) is 0 Å². The zero-order valence-electron chi connectivity index (χ0n) is 9.41. The molecular weight excluding hydrogens is 215 g/mol. The molecule has 1 aliphatic rings. The van der Waals surface area contributed by atoms with Gasteiger partial charge in [0.1, 0.15) is 0 Å². The minimum absolute atomic E-state index is 0.470. The molecular formula is C14H13FN2. The zero-order chi connectivity index (χ0) is 11.8. The van der Waals surface area contributed by atoms with Crippen LogP contribution in [0.3, 0.4) is 0 Å². The maximum atomic E-state index is 13.1. The number of fused-ring (bicyclic) bond motifs is 1. The van der Waals surface area contributed by atoms with Gasteiger partial charge in [-0.2, -0.15) is 4.39 Å². The molecule has 1 aromatic heterocycles. The van der Waals surface area contributed by atoms with Crippen LogP contribution in [0.25, 0.3) is 11.1 Å². The van der Waals surface area contributed by atoms with Gasteiger partial charge in [0.2, 0.25) is 5.95 Å². The maximum absolute atomic E-state index is 13.1. The average Bonchev–Trinajstić information content (AvgIpc) is 2.78. The van der Waals surface area contributed by atoms with E-state index in [1.54, 1.807) is 6.07 Å². The summed E-state index contributed by atoms with van der Waals surface area (Å²) >= 11 is 0. The van der Waals surface area contributed by atoms with Crippen LogP contribution in [0.1, 0.15) is 17.5 Å². The molecule has 3 heteroatoms. The average molecular weight is 228 g/mol.